The molecule has 0 radical (unpaired) electrons. The molecule has 0 saturated carbocycles. The second-order valence-electron chi connectivity index (χ2n) is 3.15. The summed E-state index contributed by atoms with van der Waals surface area (Å²) in [6.07, 6.45) is 2.85. The summed E-state index contributed by atoms with van der Waals surface area (Å²) in [5.41, 5.74) is 1.32. The van der Waals surface area contributed by atoms with Gasteiger partial charge in [-0.2, -0.15) is 0 Å². The van der Waals surface area contributed by atoms with Gasteiger partial charge in [-0.15, -0.1) is 11.3 Å². The number of pyridine rings is 1. The molecule has 0 aliphatic rings. The third-order valence-corrected chi connectivity index (χ3v) is 3.02. The van der Waals surface area contributed by atoms with E-state index in [2.05, 4.69) is 4.98 Å². The van der Waals surface area contributed by atoms with E-state index in [0.29, 0.717) is 5.56 Å². The van der Waals surface area contributed by atoms with Gasteiger partial charge in [0.05, 0.1) is 17.2 Å². The van der Waals surface area contributed by atoms with Crippen molar-refractivity contribution in [3.05, 3.63) is 47.5 Å². The van der Waals surface area contributed by atoms with E-state index >= 15 is 0 Å². The van der Waals surface area contributed by atoms with Gasteiger partial charge >= 0.3 is 0 Å². The molecule has 0 fully saturated rings. The van der Waals surface area contributed by atoms with Crippen LogP contribution in [0.5, 0.6) is 0 Å². The van der Waals surface area contributed by atoms with E-state index in [1.807, 2.05) is 18.2 Å². The number of aliphatic hydroxyl groups excluding tert-OH is 1. The first kappa shape index (κ1) is 11.0. The summed E-state index contributed by atoms with van der Waals surface area (Å²) in [7, 11) is 0. The van der Waals surface area contributed by atoms with Gasteiger partial charge in [-0.25, -0.2) is 4.39 Å². The molecular formula is C12H10FNOS. The Bertz CT molecular complexity index is 493. The molecule has 2 nitrogen and oxygen atoms in total. The fourth-order valence-corrected chi connectivity index (χ4v) is 2.17. The van der Waals surface area contributed by atoms with Crippen LogP contribution in [0.3, 0.4) is 0 Å². The molecule has 2 aromatic rings. The van der Waals surface area contributed by atoms with Crippen LogP contribution < -0.4 is 0 Å². The first-order valence-electron chi connectivity index (χ1n) is 4.78. The molecule has 0 spiro atoms. The molecule has 4 heteroatoms. The highest BCUT2D eigenvalue weighted by Gasteiger charge is 2.06. The second kappa shape index (κ2) is 5.01. The van der Waals surface area contributed by atoms with Gasteiger partial charge in [0.2, 0.25) is 0 Å². The minimum atomic E-state index is -0.402. The highest BCUT2D eigenvalue weighted by atomic mass is 32.1. The average molecular weight is 235 g/mol. The van der Waals surface area contributed by atoms with Crippen LogP contribution in [0.25, 0.3) is 16.4 Å². The topological polar surface area (TPSA) is 33.1 Å². The fraction of sp³-hybridized carbons (Fsp3) is 0.0833. The highest BCUT2D eigenvalue weighted by molar-refractivity contribution is 7.13. The standard InChI is InChI=1S/C12H10FNOS/c13-10(4-6-15)9-7-12(16-8-9)11-3-1-2-5-14-11/h1-5,7-8,15H,6H2/b10-4+. The van der Waals surface area contributed by atoms with Gasteiger partial charge in [-0.1, -0.05) is 6.07 Å². The monoisotopic (exact) mass is 235 g/mol. The molecule has 0 atom stereocenters. The highest BCUT2D eigenvalue weighted by Crippen LogP contribution is 2.29. The Labute approximate surface area is 96.7 Å². The summed E-state index contributed by atoms with van der Waals surface area (Å²) >= 11 is 1.43. The molecule has 2 heterocycles. The van der Waals surface area contributed by atoms with Crippen LogP contribution in [0.2, 0.25) is 0 Å². The SMILES string of the molecule is OC/C=C(/F)c1csc(-c2ccccn2)c1. The molecule has 0 aliphatic carbocycles. The lowest BCUT2D eigenvalue weighted by Gasteiger charge is -1.93. The first-order valence-corrected chi connectivity index (χ1v) is 5.66. The third-order valence-electron chi connectivity index (χ3n) is 2.06. The van der Waals surface area contributed by atoms with Crippen LogP contribution >= 0.6 is 11.3 Å². The predicted molar refractivity (Wildman–Crippen MR) is 63.7 cm³/mol. The van der Waals surface area contributed by atoms with E-state index in [0.717, 1.165) is 16.6 Å². The minimum absolute atomic E-state index is 0.291. The largest absolute Gasteiger partial charge is 0.392 e. The number of nitrogens with zero attached hydrogens (tertiary/aromatic N) is 1. The van der Waals surface area contributed by atoms with Gasteiger partial charge in [0.1, 0.15) is 5.83 Å². The van der Waals surface area contributed by atoms with Gasteiger partial charge < -0.3 is 5.11 Å². The van der Waals surface area contributed by atoms with E-state index in [1.165, 1.54) is 11.3 Å². The lowest BCUT2D eigenvalue weighted by atomic mass is 10.2. The van der Waals surface area contributed by atoms with Crippen molar-refractivity contribution in [1.29, 1.82) is 0 Å². The van der Waals surface area contributed by atoms with E-state index < -0.39 is 5.83 Å². The van der Waals surface area contributed by atoms with Crippen LogP contribution in [0, 0.1) is 0 Å². The van der Waals surface area contributed by atoms with E-state index in [4.69, 9.17) is 5.11 Å². The van der Waals surface area contributed by atoms with Gasteiger partial charge in [0, 0.05) is 17.1 Å². The van der Waals surface area contributed by atoms with Gasteiger partial charge in [0.15, 0.2) is 0 Å². The van der Waals surface area contributed by atoms with E-state index in [9.17, 15) is 4.39 Å². The lowest BCUT2D eigenvalue weighted by Crippen LogP contribution is -1.78. The second-order valence-corrected chi connectivity index (χ2v) is 4.06. The molecular weight excluding hydrogens is 225 g/mol. The number of hydrogen-bond acceptors (Lipinski definition) is 3. The number of aliphatic hydroxyl groups is 1. The van der Waals surface area contributed by atoms with Crippen molar-refractivity contribution in [2.75, 3.05) is 6.61 Å². The quantitative estimate of drug-likeness (QED) is 0.886. The van der Waals surface area contributed by atoms with Crippen molar-refractivity contribution < 1.29 is 9.50 Å². The van der Waals surface area contributed by atoms with Crippen molar-refractivity contribution in [3.63, 3.8) is 0 Å². The maximum atomic E-state index is 13.4. The number of halogens is 1. The lowest BCUT2D eigenvalue weighted by molar-refractivity contribution is 0.342. The molecule has 0 aliphatic heterocycles. The number of rotatable bonds is 3. The van der Waals surface area contributed by atoms with Crippen molar-refractivity contribution in [1.82, 2.24) is 4.98 Å². The van der Waals surface area contributed by atoms with Gasteiger partial charge in [-0.3, -0.25) is 4.98 Å². The van der Waals surface area contributed by atoms with Crippen molar-refractivity contribution >= 4 is 17.2 Å². The minimum Gasteiger partial charge on any atom is -0.392 e. The van der Waals surface area contributed by atoms with Crippen LogP contribution in [0.15, 0.2) is 41.9 Å². The van der Waals surface area contributed by atoms with Crippen LogP contribution in [-0.2, 0) is 0 Å². The molecule has 0 bridgehead atoms. The normalized spacial score (nSPS) is 11.8. The molecule has 2 aromatic heterocycles. The molecule has 0 aromatic carbocycles. The Kier molecular flexibility index (Phi) is 3.44. The smallest absolute Gasteiger partial charge is 0.129 e. The summed E-state index contributed by atoms with van der Waals surface area (Å²) in [6, 6.07) is 7.34. The zero-order valence-electron chi connectivity index (χ0n) is 8.43. The zero-order valence-corrected chi connectivity index (χ0v) is 9.25. The van der Waals surface area contributed by atoms with Crippen LogP contribution in [-0.4, -0.2) is 16.7 Å². The van der Waals surface area contributed by atoms with Crippen LogP contribution in [0.1, 0.15) is 5.56 Å². The maximum absolute atomic E-state index is 13.4. The molecule has 82 valence electrons. The summed E-state index contributed by atoms with van der Waals surface area (Å²) in [4.78, 5) is 5.10. The number of hydrogen-bond donors (Lipinski definition) is 1. The molecule has 0 unspecified atom stereocenters. The third kappa shape index (κ3) is 2.35. The fourth-order valence-electron chi connectivity index (χ4n) is 1.30. The van der Waals surface area contributed by atoms with Gasteiger partial charge in [-0.05, 0) is 24.3 Å². The van der Waals surface area contributed by atoms with Crippen molar-refractivity contribution in [2.24, 2.45) is 0 Å². The Morgan fingerprint density at radius 2 is 2.38 bits per heavy atom. The van der Waals surface area contributed by atoms with Crippen LogP contribution in [0.4, 0.5) is 4.39 Å². The van der Waals surface area contributed by atoms with Gasteiger partial charge in [0.25, 0.3) is 0 Å². The zero-order chi connectivity index (χ0) is 11.4. The molecule has 0 saturated heterocycles. The summed E-state index contributed by atoms with van der Waals surface area (Å²) in [6.45, 7) is -0.291. The summed E-state index contributed by atoms with van der Waals surface area (Å²) in [5.74, 6) is -0.402. The average Bonchev–Trinajstić information content (AvgIpc) is 2.80. The maximum Gasteiger partial charge on any atom is 0.129 e. The number of thiophene rings is 1. The molecule has 1 N–H and O–H groups in total. The molecule has 0 amide bonds. The predicted octanol–water partition coefficient (Wildman–Crippen LogP) is 3.11. The Morgan fingerprint density at radius 1 is 1.50 bits per heavy atom. The first-order chi connectivity index (χ1) is 7.81. The molecule has 16 heavy (non-hydrogen) atoms. The summed E-state index contributed by atoms with van der Waals surface area (Å²) < 4.78 is 13.4. The Morgan fingerprint density at radius 3 is 3.06 bits per heavy atom. The Balaban J connectivity index is 2.30. The number of aromatic nitrogens is 1. The summed E-state index contributed by atoms with van der Waals surface area (Å²) in [5, 5.41) is 10.3. The Hall–Kier alpha value is -1.52. The molecule has 2 rings (SSSR count). The van der Waals surface area contributed by atoms with E-state index in [-0.39, 0.29) is 6.61 Å². The van der Waals surface area contributed by atoms with Crippen molar-refractivity contribution in [3.8, 4) is 10.6 Å². The van der Waals surface area contributed by atoms with Crippen molar-refractivity contribution in [2.45, 2.75) is 0 Å². The van der Waals surface area contributed by atoms with E-state index in [1.54, 1.807) is 17.6 Å².